The first-order valence-electron chi connectivity index (χ1n) is 7.47. The van der Waals surface area contributed by atoms with Gasteiger partial charge in [-0.05, 0) is 62.2 Å². The van der Waals surface area contributed by atoms with Gasteiger partial charge < -0.3 is 4.43 Å². The highest BCUT2D eigenvalue weighted by atomic mass is 28.4. The topological polar surface area (TPSA) is 26.3 Å². The molecule has 0 saturated heterocycles. The Balaban J connectivity index is 3.17. The van der Waals surface area contributed by atoms with E-state index in [1.54, 1.807) is 0 Å². The molecule has 0 amide bonds. The second-order valence-corrected chi connectivity index (χ2v) is 12.1. The summed E-state index contributed by atoms with van der Waals surface area (Å²) >= 11 is 0. The summed E-state index contributed by atoms with van der Waals surface area (Å²) in [4.78, 5) is 11.0. The van der Waals surface area contributed by atoms with Crippen molar-refractivity contribution in [2.45, 2.75) is 59.2 Å². The van der Waals surface area contributed by atoms with Crippen LogP contribution in [0.25, 0.3) is 0 Å². The molecule has 0 aliphatic heterocycles. The molecule has 21 heavy (non-hydrogen) atoms. The highest BCUT2D eigenvalue weighted by molar-refractivity contribution is 6.74. The standard InChI is InChI=1S/C18H28O2Si/c1-14(2)8-10-16-12-15(13-19)9-11-17(16)20-21(6,7)18(3,4)5/h8-9,11-13H,10H2,1-7H3. The molecule has 0 bridgehead atoms. The van der Waals surface area contributed by atoms with Gasteiger partial charge in [0.15, 0.2) is 0 Å². The number of allylic oxidation sites excluding steroid dienone is 2. The third-order valence-corrected chi connectivity index (χ3v) is 8.46. The highest BCUT2D eigenvalue weighted by Crippen LogP contribution is 2.38. The van der Waals surface area contributed by atoms with Crippen molar-refractivity contribution in [2.24, 2.45) is 0 Å². The van der Waals surface area contributed by atoms with Crippen LogP contribution in [0.5, 0.6) is 5.75 Å². The monoisotopic (exact) mass is 304 g/mol. The molecule has 0 atom stereocenters. The Hall–Kier alpha value is -1.35. The lowest BCUT2D eigenvalue weighted by Gasteiger charge is -2.37. The van der Waals surface area contributed by atoms with E-state index in [1.807, 2.05) is 18.2 Å². The minimum atomic E-state index is -1.87. The van der Waals surface area contributed by atoms with E-state index < -0.39 is 8.32 Å². The third kappa shape index (κ3) is 4.85. The van der Waals surface area contributed by atoms with Crippen LogP contribution in [0.1, 0.15) is 50.5 Å². The van der Waals surface area contributed by atoms with Crippen LogP contribution in [0, 0.1) is 0 Å². The van der Waals surface area contributed by atoms with Gasteiger partial charge in [-0.15, -0.1) is 0 Å². The molecule has 0 heterocycles. The quantitative estimate of drug-likeness (QED) is 0.414. The van der Waals surface area contributed by atoms with Crippen molar-refractivity contribution in [3.8, 4) is 5.75 Å². The molecular weight excluding hydrogens is 276 g/mol. The van der Waals surface area contributed by atoms with Gasteiger partial charge in [0.1, 0.15) is 12.0 Å². The van der Waals surface area contributed by atoms with Gasteiger partial charge in [-0.25, -0.2) is 0 Å². The fraction of sp³-hybridized carbons (Fsp3) is 0.500. The summed E-state index contributed by atoms with van der Waals surface area (Å²) in [6, 6.07) is 5.72. The molecule has 2 nitrogen and oxygen atoms in total. The van der Waals surface area contributed by atoms with Gasteiger partial charge in [-0.1, -0.05) is 32.4 Å². The average Bonchev–Trinajstić information content (AvgIpc) is 2.35. The van der Waals surface area contributed by atoms with Crippen LogP contribution < -0.4 is 4.43 Å². The first kappa shape index (κ1) is 17.7. The average molecular weight is 305 g/mol. The van der Waals surface area contributed by atoms with Gasteiger partial charge in [0.2, 0.25) is 8.32 Å². The number of carbonyl (C=O) groups is 1. The summed E-state index contributed by atoms with van der Waals surface area (Å²) in [5.74, 6) is 0.921. The smallest absolute Gasteiger partial charge is 0.250 e. The number of hydrogen-bond donors (Lipinski definition) is 0. The van der Waals surface area contributed by atoms with Crippen molar-refractivity contribution in [2.75, 3.05) is 0 Å². The minimum absolute atomic E-state index is 0.157. The lowest BCUT2D eigenvalue weighted by atomic mass is 10.1. The van der Waals surface area contributed by atoms with Crippen LogP contribution in [0.2, 0.25) is 18.1 Å². The Bertz CT molecular complexity index is 533. The maximum Gasteiger partial charge on any atom is 0.250 e. The summed E-state index contributed by atoms with van der Waals surface area (Å²) in [7, 11) is -1.87. The molecule has 0 radical (unpaired) electrons. The Morgan fingerprint density at radius 3 is 2.33 bits per heavy atom. The van der Waals surface area contributed by atoms with E-state index >= 15 is 0 Å². The summed E-state index contributed by atoms with van der Waals surface area (Å²) < 4.78 is 6.42. The van der Waals surface area contributed by atoms with Crippen molar-refractivity contribution < 1.29 is 9.22 Å². The molecule has 0 aromatic heterocycles. The van der Waals surface area contributed by atoms with Gasteiger partial charge >= 0.3 is 0 Å². The number of carbonyl (C=O) groups excluding carboxylic acids is 1. The molecule has 3 heteroatoms. The van der Waals surface area contributed by atoms with E-state index in [-0.39, 0.29) is 5.04 Å². The van der Waals surface area contributed by atoms with E-state index in [9.17, 15) is 4.79 Å². The molecule has 116 valence electrons. The van der Waals surface area contributed by atoms with Crippen LogP contribution in [0.15, 0.2) is 29.8 Å². The molecule has 0 aliphatic rings. The van der Waals surface area contributed by atoms with E-state index in [0.29, 0.717) is 5.56 Å². The third-order valence-electron chi connectivity index (χ3n) is 4.12. The van der Waals surface area contributed by atoms with Gasteiger partial charge in [0.05, 0.1) is 0 Å². The van der Waals surface area contributed by atoms with Gasteiger partial charge in [0, 0.05) is 5.56 Å². The zero-order valence-electron chi connectivity index (χ0n) is 14.4. The fourth-order valence-corrected chi connectivity index (χ4v) is 2.73. The molecule has 0 spiro atoms. The maximum absolute atomic E-state index is 11.0. The van der Waals surface area contributed by atoms with Crippen molar-refractivity contribution in [3.63, 3.8) is 0 Å². The second-order valence-electron chi connectivity index (χ2n) is 7.33. The molecular formula is C18H28O2Si. The summed E-state index contributed by atoms with van der Waals surface area (Å²) in [6.07, 6.45) is 3.86. The molecule has 0 aliphatic carbocycles. The predicted molar refractivity (Wildman–Crippen MR) is 92.8 cm³/mol. The molecule has 1 aromatic rings. The Morgan fingerprint density at radius 1 is 1.24 bits per heavy atom. The largest absolute Gasteiger partial charge is 0.543 e. The number of aldehydes is 1. The Morgan fingerprint density at radius 2 is 1.86 bits per heavy atom. The predicted octanol–water partition coefficient (Wildman–Crippen LogP) is 5.39. The van der Waals surface area contributed by atoms with E-state index in [4.69, 9.17) is 4.43 Å². The van der Waals surface area contributed by atoms with Crippen LogP contribution in [0.3, 0.4) is 0 Å². The molecule has 0 N–H and O–H groups in total. The van der Waals surface area contributed by atoms with Crippen molar-refractivity contribution >= 4 is 14.6 Å². The van der Waals surface area contributed by atoms with Crippen molar-refractivity contribution in [1.29, 1.82) is 0 Å². The summed E-state index contributed by atoms with van der Waals surface area (Å²) in [5, 5.41) is 0.157. The zero-order valence-corrected chi connectivity index (χ0v) is 15.4. The lowest BCUT2D eigenvalue weighted by Crippen LogP contribution is -2.44. The summed E-state index contributed by atoms with van der Waals surface area (Å²) in [5.41, 5.74) is 3.06. The van der Waals surface area contributed by atoms with Gasteiger partial charge in [0.25, 0.3) is 0 Å². The maximum atomic E-state index is 11.0. The normalized spacial score (nSPS) is 12.0. The van der Waals surface area contributed by atoms with Gasteiger partial charge in [-0.2, -0.15) is 0 Å². The van der Waals surface area contributed by atoms with E-state index in [0.717, 1.165) is 24.0 Å². The second kappa shape index (κ2) is 6.61. The molecule has 0 fully saturated rings. The fourth-order valence-electron chi connectivity index (χ4n) is 1.67. The molecule has 0 saturated carbocycles. The lowest BCUT2D eigenvalue weighted by molar-refractivity contribution is 0.112. The Labute approximate surface area is 130 Å². The van der Waals surface area contributed by atoms with Crippen LogP contribution >= 0.6 is 0 Å². The van der Waals surface area contributed by atoms with E-state index in [1.165, 1.54) is 5.57 Å². The number of benzene rings is 1. The molecule has 0 unspecified atom stereocenters. The molecule has 1 aromatic carbocycles. The first-order chi connectivity index (χ1) is 9.56. The number of hydrogen-bond acceptors (Lipinski definition) is 2. The number of rotatable bonds is 5. The SMILES string of the molecule is CC(C)=CCc1cc(C=O)ccc1O[Si](C)(C)C(C)(C)C. The zero-order chi connectivity index (χ0) is 16.3. The minimum Gasteiger partial charge on any atom is -0.543 e. The Kier molecular flexibility index (Phi) is 5.57. The van der Waals surface area contributed by atoms with Crippen LogP contribution in [-0.4, -0.2) is 14.6 Å². The summed E-state index contributed by atoms with van der Waals surface area (Å²) in [6.45, 7) is 15.3. The first-order valence-corrected chi connectivity index (χ1v) is 10.4. The van der Waals surface area contributed by atoms with Crippen molar-refractivity contribution in [3.05, 3.63) is 41.0 Å². The van der Waals surface area contributed by atoms with Crippen LogP contribution in [0.4, 0.5) is 0 Å². The highest BCUT2D eigenvalue weighted by Gasteiger charge is 2.39. The molecule has 1 rings (SSSR count). The van der Waals surface area contributed by atoms with Crippen molar-refractivity contribution in [1.82, 2.24) is 0 Å². The van der Waals surface area contributed by atoms with E-state index in [2.05, 4.69) is 53.8 Å². The van der Waals surface area contributed by atoms with Gasteiger partial charge in [-0.3, -0.25) is 4.79 Å². The van der Waals surface area contributed by atoms with Crippen LogP contribution in [-0.2, 0) is 6.42 Å².